The van der Waals surface area contributed by atoms with Gasteiger partial charge in [0.15, 0.2) is 15.7 Å². The van der Waals surface area contributed by atoms with Crippen molar-refractivity contribution in [2.45, 2.75) is 174 Å². The Bertz CT molecular complexity index is 1060. The minimum Gasteiger partial charge on any atom is -0.516 e. The van der Waals surface area contributed by atoms with E-state index in [4.69, 9.17) is 17.7 Å². The molecule has 3 aliphatic heterocycles. The average molecular weight is 703 g/mol. The van der Waals surface area contributed by atoms with Crippen LogP contribution < -0.4 is 0 Å². The zero-order valence-corrected chi connectivity index (χ0v) is 38.6. The SMILES string of the molecule is CCC([SiH3])C(C(=O)O[Si]1(C)CCC(C)(C)O[Si]1(C)C)=C([Si]1(C)CCC(C)(C)O[Si]1(C)C)[Si]1(C)CCC(C)(C)O[Si]1(C)C. The Morgan fingerprint density at radius 2 is 1.05 bits per heavy atom. The normalized spacial score (nSPS) is 37.0. The first kappa shape index (κ1) is 37.1. The van der Waals surface area contributed by atoms with Crippen molar-refractivity contribution in [3.63, 3.8) is 0 Å². The molecule has 3 rings (SSSR count). The van der Waals surface area contributed by atoms with E-state index >= 15 is 4.79 Å². The summed E-state index contributed by atoms with van der Waals surface area (Å²) in [4.78, 5) is 16.7. The molecule has 0 amide bonds. The Balaban J connectivity index is 2.33. The summed E-state index contributed by atoms with van der Waals surface area (Å²) in [6.07, 6.45) is 4.11. The molecule has 0 saturated carbocycles. The van der Waals surface area contributed by atoms with Gasteiger partial charge in [0.1, 0.15) is 0 Å². The minimum absolute atomic E-state index is 0.0385. The van der Waals surface area contributed by atoms with Crippen LogP contribution >= 0.6 is 0 Å². The van der Waals surface area contributed by atoms with Crippen molar-refractivity contribution in [3.05, 3.63) is 10.4 Å². The summed E-state index contributed by atoms with van der Waals surface area (Å²) in [7, 11) is -12.4. The Morgan fingerprint density at radius 1 is 0.690 bits per heavy atom. The number of carbonyl (C=O) groups excluding carboxylic acids is 1. The van der Waals surface area contributed by atoms with Gasteiger partial charge in [-0.3, -0.25) is 0 Å². The highest BCUT2D eigenvalue weighted by Crippen LogP contribution is 2.53. The molecule has 0 spiro atoms. The monoisotopic (exact) mass is 702 g/mol. The van der Waals surface area contributed by atoms with E-state index in [1.54, 1.807) is 4.82 Å². The maximum Gasteiger partial charge on any atom is 0.319 e. The third-order valence-electron chi connectivity index (χ3n) is 12.2. The smallest absolute Gasteiger partial charge is 0.319 e. The quantitative estimate of drug-likeness (QED) is 0.210. The molecular weight excluding hydrogens is 637 g/mol. The highest BCUT2D eigenvalue weighted by Gasteiger charge is 2.66. The lowest BCUT2D eigenvalue weighted by Gasteiger charge is -2.60. The lowest BCUT2D eigenvalue weighted by molar-refractivity contribution is -0.131. The van der Waals surface area contributed by atoms with Crippen LogP contribution in [0.4, 0.5) is 0 Å². The molecule has 3 aliphatic rings. The second-order valence-electron chi connectivity index (χ2n) is 18.0. The van der Waals surface area contributed by atoms with Gasteiger partial charge in [-0.2, -0.15) is 0 Å². The van der Waals surface area contributed by atoms with Crippen LogP contribution in [0.2, 0.25) is 82.6 Å². The summed E-state index contributed by atoms with van der Waals surface area (Å²) in [5.41, 5.74) is 1.10. The predicted octanol–water partition coefficient (Wildman–Crippen LogP) is 7.65. The molecule has 0 aromatic carbocycles. The van der Waals surface area contributed by atoms with E-state index < -0.39 is 46.5 Å². The van der Waals surface area contributed by atoms with Gasteiger partial charge in [-0.05, 0) is 118 Å². The van der Waals surface area contributed by atoms with Crippen LogP contribution in [0.1, 0.15) is 74.1 Å². The first-order valence-corrected chi connectivity index (χ1v) is 37.6. The van der Waals surface area contributed by atoms with E-state index in [2.05, 4.69) is 107 Å². The molecule has 0 radical (unpaired) electrons. The molecular formula is C30H66O5Si7. The molecule has 0 bridgehead atoms. The van der Waals surface area contributed by atoms with E-state index in [1.807, 2.05) is 0 Å². The minimum atomic E-state index is -2.41. The van der Waals surface area contributed by atoms with Gasteiger partial charge >= 0.3 is 5.97 Å². The number of rotatable bonds is 6. The maximum absolute atomic E-state index is 15.1. The Kier molecular flexibility index (Phi) is 10.1. The first-order valence-electron chi connectivity index (χ1n) is 16.7. The van der Waals surface area contributed by atoms with E-state index in [1.165, 1.54) is 12.1 Å². The van der Waals surface area contributed by atoms with Gasteiger partial charge in [0.25, 0.3) is 7.83 Å². The summed E-state index contributed by atoms with van der Waals surface area (Å²) in [5, 5.41) is 0. The average Bonchev–Trinajstić information content (AvgIpc) is 2.78. The van der Waals surface area contributed by atoms with E-state index in [-0.39, 0.29) is 22.8 Å². The van der Waals surface area contributed by atoms with Crippen LogP contribution in [-0.4, -0.2) is 79.5 Å². The van der Waals surface area contributed by atoms with Crippen LogP contribution in [-0.2, 0) is 22.5 Å². The van der Waals surface area contributed by atoms with Crippen LogP contribution in [0.15, 0.2) is 10.4 Å². The van der Waals surface area contributed by atoms with Crippen LogP contribution in [0.3, 0.4) is 0 Å². The number of hydrogen-bond donors (Lipinski definition) is 0. The van der Waals surface area contributed by atoms with Gasteiger partial charge in [-0.25, -0.2) is 4.79 Å². The maximum atomic E-state index is 15.1. The zero-order valence-electron chi connectivity index (χ0n) is 30.6. The number of hydrogen-bond acceptors (Lipinski definition) is 5. The molecule has 42 heavy (non-hydrogen) atoms. The lowest BCUT2D eigenvalue weighted by atomic mass is 10.1. The predicted molar refractivity (Wildman–Crippen MR) is 198 cm³/mol. The molecule has 3 fully saturated rings. The second kappa shape index (κ2) is 11.4. The van der Waals surface area contributed by atoms with Crippen molar-refractivity contribution in [3.8, 4) is 0 Å². The van der Waals surface area contributed by atoms with Crippen LogP contribution in [0.5, 0.6) is 0 Å². The fraction of sp³-hybridized carbons (Fsp3) is 0.900. The van der Waals surface area contributed by atoms with E-state index in [9.17, 15) is 0 Å². The fourth-order valence-electron chi connectivity index (χ4n) is 8.35. The van der Waals surface area contributed by atoms with Crippen molar-refractivity contribution in [1.82, 2.24) is 0 Å². The third-order valence-corrected chi connectivity index (χ3v) is 65.1. The summed E-state index contributed by atoms with van der Waals surface area (Å²) >= 11 is 0. The summed E-state index contributed by atoms with van der Waals surface area (Å²) < 4.78 is 28.2. The van der Waals surface area contributed by atoms with Gasteiger partial charge in [-0.15, -0.1) is 0 Å². The molecule has 12 heteroatoms. The van der Waals surface area contributed by atoms with Gasteiger partial charge in [-0.1, -0.05) is 43.3 Å². The largest absolute Gasteiger partial charge is 0.516 e. The van der Waals surface area contributed by atoms with E-state index in [0.29, 0.717) is 5.54 Å². The summed E-state index contributed by atoms with van der Waals surface area (Å²) in [6.45, 7) is 38.0. The summed E-state index contributed by atoms with van der Waals surface area (Å²) in [6, 6.07) is 3.43. The standard InChI is InChI=1S/C30H66O5Si7/c1-17-24(36)25(26(31)32-42(16)23-20-30(6,7)35-39(42,12)13)27(40(14)21-18-28(2,3)33-37(40,8)9)41(15)22-19-29(4,5)34-38(41,10)11/h24H,17-23H2,1-16,36H3. The molecule has 3 heterocycles. The molecule has 0 N–H and O–H groups in total. The van der Waals surface area contributed by atoms with Crippen molar-refractivity contribution in [2.24, 2.45) is 0 Å². The molecule has 0 aromatic heterocycles. The topological polar surface area (TPSA) is 54.0 Å². The molecule has 3 saturated heterocycles. The molecule has 4 atom stereocenters. The van der Waals surface area contributed by atoms with Crippen molar-refractivity contribution in [2.75, 3.05) is 0 Å². The van der Waals surface area contributed by atoms with Crippen molar-refractivity contribution >= 4 is 62.7 Å². The van der Waals surface area contributed by atoms with Gasteiger partial charge in [0, 0.05) is 15.8 Å². The highest BCUT2D eigenvalue weighted by molar-refractivity contribution is 7.54. The van der Waals surface area contributed by atoms with Crippen molar-refractivity contribution in [1.29, 1.82) is 0 Å². The van der Waals surface area contributed by atoms with Gasteiger partial charge in [0.2, 0.25) is 7.83 Å². The fourth-order valence-corrected chi connectivity index (χ4v) is 57.7. The van der Waals surface area contributed by atoms with Gasteiger partial charge in [0.05, 0.1) is 32.0 Å². The second-order valence-corrected chi connectivity index (χ2v) is 60.7. The third kappa shape index (κ3) is 6.69. The molecule has 244 valence electrons. The Morgan fingerprint density at radius 3 is 1.38 bits per heavy atom. The number of carbonyl (C=O) groups is 1. The van der Waals surface area contributed by atoms with Crippen LogP contribution in [0, 0.1) is 0 Å². The molecule has 0 aromatic rings. The molecule has 5 nitrogen and oxygen atoms in total. The van der Waals surface area contributed by atoms with Gasteiger partial charge < -0.3 is 17.7 Å². The van der Waals surface area contributed by atoms with Crippen LogP contribution in [0.25, 0.3) is 0 Å². The molecule has 0 aliphatic carbocycles. The Hall–Kier alpha value is 0.608. The molecule has 4 unspecified atom stereocenters. The van der Waals surface area contributed by atoms with E-state index in [0.717, 1.165) is 47.5 Å². The van der Waals surface area contributed by atoms with Crippen molar-refractivity contribution < 1.29 is 22.5 Å². The Labute approximate surface area is 268 Å². The lowest BCUT2D eigenvalue weighted by Crippen LogP contribution is -2.76. The zero-order chi connectivity index (χ0) is 32.6. The summed E-state index contributed by atoms with van der Waals surface area (Å²) in [5.74, 6) is 0.0385. The first-order chi connectivity index (χ1) is 18.6. The highest BCUT2D eigenvalue weighted by atomic mass is 29.3.